The van der Waals surface area contributed by atoms with E-state index in [1.807, 2.05) is 18.4 Å². The molecule has 1 fully saturated rings. The van der Waals surface area contributed by atoms with Crippen molar-refractivity contribution in [2.75, 3.05) is 7.05 Å². The van der Waals surface area contributed by atoms with Crippen LogP contribution < -0.4 is 5.32 Å². The van der Waals surface area contributed by atoms with Gasteiger partial charge in [0.1, 0.15) is 0 Å². The van der Waals surface area contributed by atoms with Crippen LogP contribution in [0, 0.1) is 0 Å². The summed E-state index contributed by atoms with van der Waals surface area (Å²) in [4.78, 5) is 4.10. The zero-order chi connectivity index (χ0) is 13.8. The molecule has 0 atom stereocenters. The van der Waals surface area contributed by atoms with E-state index in [4.69, 9.17) is 0 Å². The second-order valence-electron chi connectivity index (χ2n) is 5.57. The Balaban J connectivity index is 1.68. The molecule has 3 rings (SSSR count). The van der Waals surface area contributed by atoms with E-state index >= 15 is 0 Å². The number of thiophene rings is 1. The van der Waals surface area contributed by atoms with Crippen molar-refractivity contribution in [2.24, 2.45) is 0 Å². The molecule has 2 aromatic rings. The lowest BCUT2D eigenvalue weighted by Gasteiger charge is -2.21. The lowest BCUT2D eigenvalue weighted by atomic mass is 10.1. The number of benzene rings is 1. The largest absolute Gasteiger partial charge is 0.316 e. The second kappa shape index (κ2) is 6.53. The van der Waals surface area contributed by atoms with Gasteiger partial charge in [0.15, 0.2) is 0 Å². The Bertz CT molecular complexity index is 532. The smallest absolute Gasteiger partial charge is 0.0334 e. The molecule has 0 aliphatic heterocycles. The predicted octanol–water partition coefficient (Wildman–Crippen LogP) is 3.63. The molecule has 1 aliphatic carbocycles. The zero-order valence-electron chi connectivity index (χ0n) is 12.0. The van der Waals surface area contributed by atoms with Crippen LogP contribution in [-0.2, 0) is 19.6 Å². The van der Waals surface area contributed by atoms with Crippen LogP contribution in [0.25, 0.3) is 0 Å². The Morgan fingerprint density at radius 2 is 2.00 bits per heavy atom. The van der Waals surface area contributed by atoms with Crippen LogP contribution in [0.15, 0.2) is 41.8 Å². The summed E-state index contributed by atoms with van der Waals surface area (Å²) in [5, 5.41) is 5.40. The van der Waals surface area contributed by atoms with E-state index in [-0.39, 0.29) is 0 Å². The summed E-state index contributed by atoms with van der Waals surface area (Å²) in [6.07, 6.45) is 2.73. The highest BCUT2D eigenvalue weighted by molar-refractivity contribution is 7.09. The van der Waals surface area contributed by atoms with Crippen molar-refractivity contribution in [3.8, 4) is 0 Å². The average Bonchev–Trinajstić information content (AvgIpc) is 3.18. The molecule has 1 N–H and O–H groups in total. The minimum absolute atomic E-state index is 0.796. The first kappa shape index (κ1) is 13.8. The highest BCUT2D eigenvalue weighted by Crippen LogP contribution is 2.30. The van der Waals surface area contributed by atoms with Gasteiger partial charge in [-0.1, -0.05) is 30.3 Å². The molecule has 0 bridgehead atoms. The molecule has 0 amide bonds. The van der Waals surface area contributed by atoms with Gasteiger partial charge in [0, 0.05) is 30.6 Å². The van der Waals surface area contributed by atoms with Crippen molar-refractivity contribution in [3.63, 3.8) is 0 Å². The van der Waals surface area contributed by atoms with Gasteiger partial charge >= 0.3 is 0 Å². The zero-order valence-corrected chi connectivity index (χ0v) is 12.8. The van der Waals surface area contributed by atoms with Crippen molar-refractivity contribution in [1.29, 1.82) is 0 Å². The standard InChI is InChI=1S/C17H22N2S/c1-18-11-14-4-2-5-15(10-14)12-19(16-7-8-16)13-17-6-3-9-20-17/h2-6,9-10,16,18H,7-8,11-13H2,1H3. The quantitative estimate of drug-likeness (QED) is 0.836. The van der Waals surface area contributed by atoms with Crippen molar-refractivity contribution in [1.82, 2.24) is 10.2 Å². The molecule has 0 unspecified atom stereocenters. The van der Waals surface area contributed by atoms with Crippen molar-refractivity contribution < 1.29 is 0 Å². The molecule has 1 saturated carbocycles. The van der Waals surface area contributed by atoms with E-state index in [1.165, 1.54) is 28.8 Å². The third kappa shape index (κ3) is 3.69. The van der Waals surface area contributed by atoms with E-state index in [0.717, 1.165) is 25.7 Å². The number of nitrogens with zero attached hydrogens (tertiary/aromatic N) is 1. The second-order valence-corrected chi connectivity index (χ2v) is 6.60. The van der Waals surface area contributed by atoms with Crippen LogP contribution in [0.1, 0.15) is 28.8 Å². The molecule has 3 heteroatoms. The first-order valence-corrected chi connectivity index (χ1v) is 8.22. The minimum atomic E-state index is 0.796. The lowest BCUT2D eigenvalue weighted by molar-refractivity contribution is 0.248. The molecule has 1 aromatic carbocycles. The summed E-state index contributed by atoms with van der Waals surface area (Å²) < 4.78 is 0. The summed E-state index contributed by atoms with van der Waals surface area (Å²) in [6.45, 7) is 3.11. The van der Waals surface area contributed by atoms with Gasteiger partial charge in [-0.2, -0.15) is 0 Å². The summed E-state index contributed by atoms with van der Waals surface area (Å²) in [7, 11) is 2.00. The minimum Gasteiger partial charge on any atom is -0.316 e. The fourth-order valence-corrected chi connectivity index (χ4v) is 3.36. The first-order valence-electron chi connectivity index (χ1n) is 7.34. The maximum Gasteiger partial charge on any atom is 0.0334 e. The summed E-state index contributed by atoms with van der Waals surface area (Å²) in [5.74, 6) is 0. The normalized spacial score (nSPS) is 14.9. The molecule has 0 saturated heterocycles. The Labute approximate surface area is 125 Å². The van der Waals surface area contributed by atoms with Crippen LogP contribution in [0.3, 0.4) is 0 Å². The highest BCUT2D eigenvalue weighted by atomic mass is 32.1. The fourth-order valence-electron chi connectivity index (χ4n) is 2.63. The number of hydrogen-bond acceptors (Lipinski definition) is 3. The molecular formula is C17H22N2S. The fraction of sp³-hybridized carbons (Fsp3) is 0.412. The molecule has 20 heavy (non-hydrogen) atoms. The maximum atomic E-state index is 3.22. The van der Waals surface area contributed by atoms with Crippen LogP contribution in [-0.4, -0.2) is 18.0 Å². The van der Waals surface area contributed by atoms with Gasteiger partial charge in [-0.3, -0.25) is 4.90 Å². The van der Waals surface area contributed by atoms with Gasteiger partial charge in [0.05, 0.1) is 0 Å². The van der Waals surface area contributed by atoms with E-state index in [2.05, 4.69) is 52.0 Å². The predicted molar refractivity (Wildman–Crippen MR) is 85.8 cm³/mol. The van der Waals surface area contributed by atoms with Crippen molar-refractivity contribution in [2.45, 2.75) is 38.5 Å². The third-order valence-corrected chi connectivity index (χ3v) is 4.62. The van der Waals surface area contributed by atoms with E-state index in [1.54, 1.807) is 0 Å². The molecule has 1 aliphatic rings. The Hall–Kier alpha value is -1.16. The maximum absolute atomic E-state index is 3.22. The highest BCUT2D eigenvalue weighted by Gasteiger charge is 2.29. The Morgan fingerprint density at radius 1 is 1.15 bits per heavy atom. The van der Waals surface area contributed by atoms with Crippen LogP contribution in [0.4, 0.5) is 0 Å². The van der Waals surface area contributed by atoms with Gasteiger partial charge in [0.2, 0.25) is 0 Å². The summed E-state index contributed by atoms with van der Waals surface area (Å²) in [5.41, 5.74) is 2.80. The Kier molecular flexibility index (Phi) is 4.51. The first-order chi connectivity index (χ1) is 9.85. The third-order valence-electron chi connectivity index (χ3n) is 3.76. The van der Waals surface area contributed by atoms with Crippen LogP contribution in [0.2, 0.25) is 0 Å². The van der Waals surface area contributed by atoms with Crippen molar-refractivity contribution >= 4 is 11.3 Å². The molecular weight excluding hydrogens is 264 g/mol. The molecule has 1 heterocycles. The SMILES string of the molecule is CNCc1cccc(CN(Cc2cccs2)C2CC2)c1. The number of rotatable bonds is 7. The van der Waals surface area contributed by atoms with Crippen LogP contribution >= 0.6 is 11.3 Å². The molecule has 106 valence electrons. The van der Waals surface area contributed by atoms with Crippen LogP contribution in [0.5, 0.6) is 0 Å². The monoisotopic (exact) mass is 286 g/mol. The van der Waals surface area contributed by atoms with Crippen molar-refractivity contribution in [3.05, 3.63) is 57.8 Å². The van der Waals surface area contributed by atoms with Gasteiger partial charge in [0.25, 0.3) is 0 Å². The molecule has 0 spiro atoms. The lowest BCUT2D eigenvalue weighted by Crippen LogP contribution is -2.24. The van der Waals surface area contributed by atoms with Gasteiger partial charge in [-0.05, 0) is 42.5 Å². The van der Waals surface area contributed by atoms with Gasteiger partial charge < -0.3 is 5.32 Å². The van der Waals surface area contributed by atoms with Gasteiger partial charge in [-0.25, -0.2) is 0 Å². The topological polar surface area (TPSA) is 15.3 Å². The Morgan fingerprint density at radius 3 is 2.70 bits per heavy atom. The number of nitrogens with one attached hydrogen (secondary N) is 1. The van der Waals surface area contributed by atoms with E-state index < -0.39 is 0 Å². The average molecular weight is 286 g/mol. The molecule has 2 nitrogen and oxygen atoms in total. The molecule has 0 radical (unpaired) electrons. The molecule has 1 aromatic heterocycles. The van der Waals surface area contributed by atoms with E-state index in [0.29, 0.717) is 0 Å². The number of hydrogen-bond donors (Lipinski definition) is 1. The summed E-state index contributed by atoms with van der Waals surface area (Å²) in [6, 6.07) is 14.2. The van der Waals surface area contributed by atoms with E-state index in [9.17, 15) is 0 Å². The van der Waals surface area contributed by atoms with Gasteiger partial charge in [-0.15, -0.1) is 11.3 Å². The summed E-state index contributed by atoms with van der Waals surface area (Å²) >= 11 is 1.87.